The van der Waals surface area contributed by atoms with Gasteiger partial charge in [-0.3, -0.25) is 9.36 Å². The van der Waals surface area contributed by atoms with Crippen molar-refractivity contribution >= 4 is 11.9 Å². The highest BCUT2D eigenvalue weighted by Crippen LogP contribution is 2.28. The van der Waals surface area contributed by atoms with Crippen LogP contribution in [0.4, 0.5) is 5.95 Å². The van der Waals surface area contributed by atoms with E-state index < -0.39 is 36.2 Å². The van der Waals surface area contributed by atoms with Gasteiger partial charge >= 0.3 is 11.7 Å². The third-order valence-electron chi connectivity index (χ3n) is 3.22. The minimum Gasteiger partial charge on any atom is -0.463 e. The van der Waals surface area contributed by atoms with Gasteiger partial charge in [-0.05, 0) is 0 Å². The fourth-order valence-electron chi connectivity index (χ4n) is 1.96. The molecule has 4 N–H and O–H groups in total. The summed E-state index contributed by atoms with van der Waals surface area (Å²) in [6, 6.07) is 0. The van der Waals surface area contributed by atoms with E-state index >= 15 is 0 Å². The Morgan fingerprint density at radius 1 is 1.50 bits per heavy atom. The van der Waals surface area contributed by atoms with Crippen LogP contribution in [0.1, 0.15) is 20.1 Å². The van der Waals surface area contributed by atoms with Gasteiger partial charge in [0.25, 0.3) is 0 Å². The van der Waals surface area contributed by atoms with E-state index in [1.165, 1.54) is 0 Å². The van der Waals surface area contributed by atoms with Crippen LogP contribution in [0.25, 0.3) is 0 Å². The van der Waals surface area contributed by atoms with Crippen LogP contribution in [-0.2, 0) is 14.3 Å². The van der Waals surface area contributed by atoms with Crippen LogP contribution in [0.5, 0.6) is 0 Å². The average molecular weight is 314 g/mol. The molecule has 1 aromatic heterocycles. The van der Waals surface area contributed by atoms with Crippen LogP contribution in [-0.4, -0.2) is 55.6 Å². The number of carbonyl (C=O) groups excluding carboxylic acids is 1. The predicted octanol–water partition coefficient (Wildman–Crippen LogP) is -1.96. The maximum absolute atomic E-state index is 11.7. The lowest BCUT2D eigenvalue weighted by atomic mass is 10.1. The van der Waals surface area contributed by atoms with Crippen molar-refractivity contribution in [3.8, 4) is 0 Å². The molecule has 0 unspecified atom stereocenters. The number of rotatable bonds is 4. The monoisotopic (exact) mass is 314 g/mol. The number of nitrogens with zero attached hydrogens (tertiary/aromatic N) is 3. The summed E-state index contributed by atoms with van der Waals surface area (Å²) in [6.45, 7) is 3.09. The van der Waals surface area contributed by atoms with Gasteiger partial charge < -0.3 is 25.4 Å². The predicted molar refractivity (Wildman–Crippen MR) is 72.4 cm³/mol. The number of aliphatic hydroxyl groups is 2. The maximum atomic E-state index is 11.7. The summed E-state index contributed by atoms with van der Waals surface area (Å²) in [7, 11) is 0. The molecule has 0 aliphatic carbocycles. The van der Waals surface area contributed by atoms with Crippen LogP contribution in [0.3, 0.4) is 0 Å². The number of esters is 1. The maximum Gasteiger partial charge on any atom is 0.354 e. The van der Waals surface area contributed by atoms with Crippen LogP contribution in [0.2, 0.25) is 0 Å². The fourth-order valence-corrected chi connectivity index (χ4v) is 1.96. The Morgan fingerprint density at radius 3 is 2.77 bits per heavy atom. The summed E-state index contributed by atoms with van der Waals surface area (Å²) in [6.07, 6.45) is -3.81. The van der Waals surface area contributed by atoms with E-state index in [9.17, 15) is 19.8 Å². The zero-order valence-corrected chi connectivity index (χ0v) is 12.1. The first kappa shape index (κ1) is 16.3. The van der Waals surface area contributed by atoms with Crippen molar-refractivity contribution < 1.29 is 24.5 Å². The zero-order valence-electron chi connectivity index (χ0n) is 12.1. The van der Waals surface area contributed by atoms with Gasteiger partial charge in [0.05, 0.1) is 5.92 Å². The van der Waals surface area contributed by atoms with Crippen molar-refractivity contribution in [2.75, 3.05) is 12.3 Å². The molecule has 1 aliphatic rings. The molecule has 10 heteroatoms. The number of nitrogen functional groups attached to an aromatic ring is 1. The Labute approximate surface area is 125 Å². The van der Waals surface area contributed by atoms with Crippen molar-refractivity contribution in [3.63, 3.8) is 0 Å². The molecule has 0 aromatic carbocycles. The first-order valence-corrected chi connectivity index (χ1v) is 6.70. The third-order valence-corrected chi connectivity index (χ3v) is 3.22. The molecular formula is C12H18N4O6. The number of anilines is 1. The summed E-state index contributed by atoms with van der Waals surface area (Å²) >= 11 is 0. The van der Waals surface area contributed by atoms with E-state index in [1.54, 1.807) is 13.8 Å². The fraction of sp³-hybridized carbons (Fsp3) is 0.667. The van der Waals surface area contributed by atoms with Gasteiger partial charge in [0, 0.05) is 0 Å². The average Bonchev–Trinajstić information content (AvgIpc) is 2.73. The Bertz CT molecular complexity index is 604. The minimum atomic E-state index is -1.40. The molecule has 0 spiro atoms. The highest BCUT2D eigenvalue weighted by atomic mass is 16.6. The Kier molecular flexibility index (Phi) is 4.74. The summed E-state index contributed by atoms with van der Waals surface area (Å²) in [5.41, 5.74) is 4.50. The van der Waals surface area contributed by atoms with Crippen molar-refractivity contribution in [3.05, 3.63) is 16.8 Å². The van der Waals surface area contributed by atoms with E-state index in [0.29, 0.717) is 0 Å². The molecule has 1 aliphatic heterocycles. The molecule has 0 amide bonds. The van der Waals surface area contributed by atoms with Gasteiger partial charge in [-0.1, -0.05) is 13.8 Å². The third kappa shape index (κ3) is 3.24. The highest BCUT2D eigenvalue weighted by Gasteiger charge is 2.44. The normalized spacial score (nSPS) is 28.0. The smallest absolute Gasteiger partial charge is 0.354 e. The lowest BCUT2D eigenvalue weighted by Gasteiger charge is -2.16. The van der Waals surface area contributed by atoms with Gasteiger partial charge in [0.15, 0.2) is 6.23 Å². The second-order valence-corrected chi connectivity index (χ2v) is 5.24. The number of hydrogen-bond donors (Lipinski definition) is 3. The van der Waals surface area contributed by atoms with E-state index in [-0.39, 0.29) is 18.5 Å². The molecule has 0 saturated carbocycles. The van der Waals surface area contributed by atoms with Crippen LogP contribution < -0.4 is 11.4 Å². The second-order valence-electron chi connectivity index (χ2n) is 5.24. The Balaban J connectivity index is 2.10. The van der Waals surface area contributed by atoms with Gasteiger partial charge in [-0.15, -0.1) is 0 Å². The second kappa shape index (κ2) is 6.38. The van der Waals surface area contributed by atoms with Crippen molar-refractivity contribution in [1.82, 2.24) is 14.5 Å². The number of carbonyl (C=O) groups is 1. The molecule has 122 valence electrons. The number of nitrogens with two attached hydrogens (primary N) is 1. The molecule has 0 radical (unpaired) electrons. The van der Waals surface area contributed by atoms with Crippen LogP contribution >= 0.6 is 0 Å². The molecule has 1 aromatic rings. The van der Waals surface area contributed by atoms with E-state index in [0.717, 1.165) is 10.9 Å². The quantitative estimate of drug-likeness (QED) is 0.538. The van der Waals surface area contributed by atoms with Crippen molar-refractivity contribution in [2.45, 2.75) is 38.4 Å². The molecule has 22 heavy (non-hydrogen) atoms. The summed E-state index contributed by atoms with van der Waals surface area (Å²) < 4.78 is 11.3. The van der Waals surface area contributed by atoms with Crippen LogP contribution in [0.15, 0.2) is 11.1 Å². The number of aliphatic hydroxyl groups excluding tert-OH is 2. The van der Waals surface area contributed by atoms with Crippen molar-refractivity contribution in [1.29, 1.82) is 0 Å². The van der Waals surface area contributed by atoms with Crippen LogP contribution in [0, 0.1) is 5.92 Å². The minimum absolute atomic E-state index is 0.211. The molecule has 2 rings (SSSR count). The zero-order chi connectivity index (χ0) is 16.4. The summed E-state index contributed by atoms with van der Waals surface area (Å²) in [5.74, 6) is -0.995. The van der Waals surface area contributed by atoms with Crippen molar-refractivity contribution in [2.24, 2.45) is 5.92 Å². The Hall–Kier alpha value is -2.04. The Morgan fingerprint density at radius 2 is 2.18 bits per heavy atom. The molecule has 2 heterocycles. The summed E-state index contributed by atoms with van der Waals surface area (Å²) in [5, 5.41) is 19.9. The SMILES string of the molecule is CC(C)C(=O)OC[C@H]1O[C@@H](n2cnc(N)nc2=O)[C@H](O)[C@@H]1O. The van der Waals surface area contributed by atoms with Gasteiger partial charge in [0.1, 0.15) is 31.2 Å². The molecular weight excluding hydrogens is 296 g/mol. The first-order valence-electron chi connectivity index (χ1n) is 6.70. The van der Waals surface area contributed by atoms with Gasteiger partial charge in [-0.2, -0.15) is 4.98 Å². The summed E-state index contributed by atoms with van der Waals surface area (Å²) in [4.78, 5) is 30.2. The first-order chi connectivity index (χ1) is 10.3. The van der Waals surface area contributed by atoms with Gasteiger partial charge in [0.2, 0.25) is 5.95 Å². The standard InChI is InChI=1S/C12H18N4O6/c1-5(2)10(19)21-3-6-7(17)8(18)9(22-6)16-4-14-11(13)15-12(16)20/h4-9,17-18H,3H2,1-2H3,(H2,13,15,20)/t6-,7-,8-,9-/m1/s1. The molecule has 1 fully saturated rings. The highest BCUT2D eigenvalue weighted by molar-refractivity contribution is 5.71. The molecule has 1 saturated heterocycles. The number of hydrogen-bond acceptors (Lipinski definition) is 9. The number of ether oxygens (including phenoxy) is 2. The number of aromatic nitrogens is 3. The topological polar surface area (TPSA) is 150 Å². The molecule has 10 nitrogen and oxygen atoms in total. The lowest BCUT2D eigenvalue weighted by Crippen LogP contribution is -2.36. The van der Waals surface area contributed by atoms with E-state index in [2.05, 4.69) is 9.97 Å². The molecule has 4 atom stereocenters. The largest absolute Gasteiger partial charge is 0.463 e. The lowest BCUT2D eigenvalue weighted by molar-refractivity contribution is -0.153. The molecule has 0 bridgehead atoms. The van der Waals surface area contributed by atoms with E-state index in [1.807, 2.05) is 0 Å². The van der Waals surface area contributed by atoms with Gasteiger partial charge in [-0.25, -0.2) is 9.78 Å². The van der Waals surface area contributed by atoms with E-state index in [4.69, 9.17) is 15.2 Å².